The number of nitrogens with zero attached hydrogens (tertiary/aromatic N) is 1. The topological polar surface area (TPSA) is 15.3 Å². The fraction of sp³-hybridized carbons (Fsp3) is 0.875. The molecule has 1 aliphatic carbocycles. The third-order valence-electron chi connectivity index (χ3n) is 5.41. The fourth-order valence-corrected chi connectivity index (χ4v) is 4.16. The van der Waals surface area contributed by atoms with Crippen LogP contribution in [0.4, 0.5) is 0 Å². The molecular weight excluding hydrogens is 220 g/mol. The zero-order valence-corrected chi connectivity index (χ0v) is 11.8. The third kappa shape index (κ3) is 2.80. The monoisotopic (exact) mass is 248 g/mol. The first-order chi connectivity index (χ1) is 8.83. The highest BCUT2D eigenvalue weighted by Crippen LogP contribution is 2.32. The van der Waals surface area contributed by atoms with E-state index in [4.69, 9.17) is 0 Å². The lowest BCUT2D eigenvalue weighted by atomic mass is 9.82. The normalized spacial score (nSPS) is 40.9. The van der Waals surface area contributed by atoms with Crippen molar-refractivity contribution in [2.45, 2.75) is 69.5 Å². The molecule has 2 saturated heterocycles. The second-order valence-electron chi connectivity index (χ2n) is 6.63. The van der Waals surface area contributed by atoms with Crippen molar-refractivity contribution in [3.8, 4) is 0 Å². The van der Waals surface area contributed by atoms with Crippen LogP contribution in [0.25, 0.3) is 0 Å². The van der Waals surface area contributed by atoms with Crippen molar-refractivity contribution in [1.82, 2.24) is 10.2 Å². The van der Waals surface area contributed by atoms with Gasteiger partial charge in [0.15, 0.2) is 0 Å². The molecule has 3 atom stereocenters. The number of piperidine rings is 2. The summed E-state index contributed by atoms with van der Waals surface area (Å²) in [4.78, 5) is 2.66. The van der Waals surface area contributed by atoms with Crippen LogP contribution in [-0.4, -0.2) is 36.6 Å². The number of hydrogen-bond donors (Lipinski definition) is 1. The number of allylic oxidation sites excluding steroid dienone is 2. The van der Waals surface area contributed by atoms with E-state index in [1.165, 1.54) is 57.9 Å². The van der Waals surface area contributed by atoms with Crippen LogP contribution >= 0.6 is 0 Å². The molecule has 0 aromatic carbocycles. The lowest BCUT2D eigenvalue weighted by Gasteiger charge is -2.47. The Morgan fingerprint density at radius 2 is 1.89 bits per heavy atom. The van der Waals surface area contributed by atoms with Crippen LogP contribution in [0.1, 0.15) is 51.4 Å². The van der Waals surface area contributed by atoms with E-state index >= 15 is 0 Å². The highest BCUT2D eigenvalue weighted by Gasteiger charge is 2.35. The maximum Gasteiger partial charge on any atom is 0.0110 e. The quantitative estimate of drug-likeness (QED) is 0.773. The molecule has 2 fully saturated rings. The molecule has 2 bridgehead atoms. The third-order valence-corrected chi connectivity index (χ3v) is 5.41. The van der Waals surface area contributed by atoms with E-state index in [9.17, 15) is 0 Å². The van der Waals surface area contributed by atoms with Crippen LogP contribution in [0.2, 0.25) is 0 Å². The summed E-state index contributed by atoms with van der Waals surface area (Å²) in [6.45, 7) is 1.25. The van der Waals surface area contributed by atoms with Gasteiger partial charge in [0, 0.05) is 18.1 Å². The molecule has 2 nitrogen and oxygen atoms in total. The SMILES string of the molecule is CN1C2CCCC1CC(NCC1CC=CCC1)C2. The van der Waals surface area contributed by atoms with Crippen molar-refractivity contribution in [3.63, 3.8) is 0 Å². The summed E-state index contributed by atoms with van der Waals surface area (Å²) in [5.41, 5.74) is 0. The number of hydrogen-bond acceptors (Lipinski definition) is 2. The van der Waals surface area contributed by atoms with Crippen molar-refractivity contribution in [1.29, 1.82) is 0 Å². The largest absolute Gasteiger partial charge is 0.314 e. The van der Waals surface area contributed by atoms with Gasteiger partial charge in [-0.2, -0.15) is 0 Å². The van der Waals surface area contributed by atoms with Gasteiger partial charge in [0.2, 0.25) is 0 Å². The minimum Gasteiger partial charge on any atom is -0.314 e. The molecule has 1 N–H and O–H groups in total. The van der Waals surface area contributed by atoms with E-state index in [2.05, 4.69) is 29.4 Å². The highest BCUT2D eigenvalue weighted by atomic mass is 15.2. The minimum atomic E-state index is 0.794. The Morgan fingerprint density at radius 3 is 2.56 bits per heavy atom. The number of fused-ring (bicyclic) bond motifs is 2. The molecule has 3 aliphatic rings. The van der Waals surface area contributed by atoms with Crippen LogP contribution in [0.3, 0.4) is 0 Å². The predicted octanol–water partition coefficient (Wildman–Crippen LogP) is 2.95. The van der Waals surface area contributed by atoms with E-state index in [0.29, 0.717) is 0 Å². The first kappa shape index (κ1) is 12.7. The van der Waals surface area contributed by atoms with Gasteiger partial charge in [0.25, 0.3) is 0 Å². The van der Waals surface area contributed by atoms with Crippen molar-refractivity contribution in [2.75, 3.05) is 13.6 Å². The fourth-order valence-electron chi connectivity index (χ4n) is 4.16. The predicted molar refractivity (Wildman–Crippen MR) is 76.7 cm³/mol. The molecule has 0 aromatic heterocycles. The van der Waals surface area contributed by atoms with Crippen molar-refractivity contribution in [2.24, 2.45) is 5.92 Å². The van der Waals surface area contributed by atoms with Gasteiger partial charge in [-0.05, 0) is 64.5 Å². The molecule has 0 radical (unpaired) electrons. The Balaban J connectivity index is 1.47. The van der Waals surface area contributed by atoms with E-state index in [1.54, 1.807) is 0 Å². The second-order valence-corrected chi connectivity index (χ2v) is 6.63. The second kappa shape index (κ2) is 5.75. The van der Waals surface area contributed by atoms with E-state index in [1.807, 2.05) is 0 Å². The maximum absolute atomic E-state index is 3.88. The van der Waals surface area contributed by atoms with Crippen LogP contribution < -0.4 is 5.32 Å². The number of rotatable bonds is 3. The molecule has 18 heavy (non-hydrogen) atoms. The molecule has 2 heterocycles. The Morgan fingerprint density at radius 1 is 1.11 bits per heavy atom. The summed E-state index contributed by atoms with van der Waals surface area (Å²) in [5.74, 6) is 0.898. The van der Waals surface area contributed by atoms with Crippen LogP contribution in [-0.2, 0) is 0 Å². The van der Waals surface area contributed by atoms with Crippen molar-refractivity contribution < 1.29 is 0 Å². The van der Waals surface area contributed by atoms with Gasteiger partial charge in [0.05, 0.1) is 0 Å². The summed E-state index contributed by atoms with van der Waals surface area (Å²) < 4.78 is 0. The van der Waals surface area contributed by atoms with Gasteiger partial charge < -0.3 is 10.2 Å². The molecule has 2 aliphatic heterocycles. The van der Waals surface area contributed by atoms with E-state index in [-0.39, 0.29) is 0 Å². The maximum atomic E-state index is 3.88. The lowest BCUT2D eigenvalue weighted by molar-refractivity contribution is 0.0476. The summed E-state index contributed by atoms with van der Waals surface area (Å²) in [7, 11) is 2.34. The van der Waals surface area contributed by atoms with E-state index < -0.39 is 0 Å². The average Bonchev–Trinajstić information content (AvgIpc) is 2.38. The standard InChI is InChI=1S/C16H28N2/c1-18-15-8-5-9-16(18)11-14(10-15)17-12-13-6-3-2-4-7-13/h2-3,13-17H,4-12H2,1H3. The van der Waals surface area contributed by atoms with Crippen LogP contribution in [0.15, 0.2) is 12.2 Å². The van der Waals surface area contributed by atoms with Crippen molar-refractivity contribution in [3.05, 3.63) is 12.2 Å². The Kier molecular flexibility index (Phi) is 4.05. The Labute approximate surface area is 112 Å². The van der Waals surface area contributed by atoms with Gasteiger partial charge in [-0.3, -0.25) is 0 Å². The molecule has 3 rings (SSSR count). The molecule has 0 saturated carbocycles. The summed E-state index contributed by atoms with van der Waals surface area (Å²) in [6, 6.07) is 2.52. The first-order valence-corrected chi connectivity index (χ1v) is 7.93. The van der Waals surface area contributed by atoms with Gasteiger partial charge in [0.1, 0.15) is 0 Å². The van der Waals surface area contributed by atoms with Gasteiger partial charge in [-0.15, -0.1) is 0 Å². The molecule has 3 unspecified atom stereocenters. The lowest BCUT2D eigenvalue weighted by Crippen LogP contribution is -2.54. The molecular formula is C16H28N2. The summed E-state index contributed by atoms with van der Waals surface area (Å²) in [6.07, 6.45) is 15.8. The zero-order valence-electron chi connectivity index (χ0n) is 11.8. The van der Waals surface area contributed by atoms with E-state index in [0.717, 1.165) is 24.0 Å². The molecule has 0 aromatic rings. The first-order valence-electron chi connectivity index (χ1n) is 7.93. The smallest absolute Gasteiger partial charge is 0.0110 e. The average molecular weight is 248 g/mol. The molecule has 0 amide bonds. The van der Waals surface area contributed by atoms with Gasteiger partial charge in [-0.25, -0.2) is 0 Å². The zero-order chi connectivity index (χ0) is 12.4. The van der Waals surface area contributed by atoms with Crippen LogP contribution in [0, 0.1) is 5.92 Å². The molecule has 0 spiro atoms. The van der Waals surface area contributed by atoms with Gasteiger partial charge >= 0.3 is 0 Å². The van der Waals surface area contributed by atoms with Crippen molar-refractivity contribution >= 4 is 0 Å². The minimum absolute atomic E-state index is 0.794. The number of nitrogens with one attached hydrogen (secondary N) is 1. The Hall–Kier alpha value is -0.340. The summed E-state index contributed by atoms with van der Waals surface area (Å²) in [5, 5.41) is 3.88. The summed E-state index contributed by atoms with van der Waals surface area (Å²) >= 11 is 0. The molecule has 102 valence electrons. The highest BCUT2D eigenvalue weighted by molar-refractivity contribution is 4.95. The molecule has 2 heteroatoms. The Bertz CT molecular complexity index is 285. The van der Waals surface area contributed by atoms with Crippen LogP contribution in [0.5, 0.6) is 0 Å². The van der Waals surface area contributed by atoms with Gasteiger partial charge in [-0.1, -0.05) is 18.6 Å².